The van der Waals surface area contributed by atoms with Crippen LogP contribution in [-0.4, -0.2) is 82.2 Å². The van der Waals surface area contributed by atoms with Gasteiger partial charge < -0.3 is 15.4 Å². The third-order valence-electron chi connectivity index (χ3n) is 6.79. The van der Waals surface area contributed by atoms with Crippen molar-refractivity contribution in [3.8, 4) is 11.3 Å². The monoisotopic (exact) mass is 569 g/mol. The van der Waals surface area contributed by atoms with Gasteiger partial charge in [0.15, 0.2) is 0 Å². The summed E-state index contributed by atoms with van der Waals surface area (Å²) in [5, 5.41) is 14.7. The average molecular weight is 570 g/mol. The summed E-state index contributed by atoms with van der Waals surface area (Å²) in [6.45, 7) is 8.40. The Morgan fingerprint density at radius 1 is 1.18 bits per heavy atom. The van der Waals surface area contributed by atoms with Gasteiger partial charge in [-0.2, -0.15) is 10.2 Å². The minimum absolute atomic E-state index is 0.189. The SMILES string of the molecule is COC(=O)C1CN(CCC(=O)Nc2cc(Nc3cc(-c4cc(Cl)ccc4F)nnc3C)ccn2)CCN1C(C)C. The Hall–Kier alpha value is -3.67. The van der Waals surface area contributed by atoms with Crippen LogP contribution in [0.15, 0.2) is 42.6 Å². The fourth-order valence-corrected chi connectivity index (χ4v) is 4.79. The first-order valence-corrected chi connectivity index (χ1v) is 13.4. The zero-order valence-corrected chi connectivity index (χ0v) is 23.7. The quantitative estimate of drug-likeness (QED) is 0.365. The molecule has 0 saturated carbocycles. The molecular weight excluding hydrogens is 537 g/mol. The number of halogens is 2. The number of ether oxygens (including phenoxy) is 1. The molecule has 1 aliphatic heterocycles. The molecule has 3 aromatic rings. The molecule has 12 heteroatoms. The molecule has 1 fully saturated rings. The van der Waals surface area contributed by atoms with E-state index in [1.807, 2.05) is 0 Å². The van der Waals surface area contributed by atoms with Crippen LogP contribution in [0.5, 0.6) is 0 Å². The van der Waals surface area contributed by atoms with E-state index in [1.165, 1.54) is 25.3 Å². The van der Waals surface area contributed by atoms with E-state index in [1.54, 1.807) is 31.3 Å². The van der Waals surface area contributed by atoms with Crippen molar-refractivity contribution < 1.29 is 18.7 Å². The number of aryl methyl sites for hydroxylation is 1. The second-order valence-electron chi connectivity index (χ2n) is 9.88. The Morgan fingerprint density at radius 3 is 2.73 bits per heavy atom. The number of carbonyl (C=O) groups excluding carboxylic acids is 2. The Bertz CT molecular complexity index is 1370. The van der Waals surface area contributed by atoms with Crippen LogP contribution < -0.4 is 10.6 Å². The molecule has 2 aromatic heterocycles. The maximum atomic E-state index is 14.4. The number of piperazine rings is 1. The van der Waals surface area contributed by atoms with E-state index in [0.717, 1.165) is 13.1 Å². The second kappa shape index (κ2) is 13.1. The topological polar surface area (TPSA) is 113 Å². The molecule has 0 bridgehead atoms. The number of carbonyl (C=O) groups is 2. The van der Waals surface area contributed by atoms with Crippen LogP contribution in [0.1, 0.15) is 26.0 Å². The van der Waals surface area contributed by atoms with Gasteiger partial charge in [-0.15, -0.1) is 0 Å². The van der Waals surface area contributed by atoms with Crippen molar-refractivity contribution in [2.75, 3.05) is 43.9 Å². The van der Waals surface area contributed by atoms with Gasteiger partial charge in [-0.1, -0.05) is 11.6 Å². The van der Waals surface area contributed by atoms with Gasteiger partial charge in [-0.25, -0.2) is 9.37 Å². The fourth-order valence-electron chi connectivity index (χ4n) is 4.62. The van der Waals surface area contributed by atoms with Gasteiger partial charge in [0.1, 0.15) is 17.7 Å². The molecule has 1 aromatic carbocycles. The number of hydrogen-bond donors (Lipinski definition) is 2. The lowest BCUT2D eigenvalue weighted by molar-refractivity contribution is -0.150. The summed E-state index contributed by atoms with van der Waals surface area (Å²) in [4.78, 5) is 33.5. The molecule has 0 spiro atoms. The van der Waals surface area contributed by atoms with Crippen LogP contribution in [-0.2, 0) is 14.3 Å². The minimum Gasteiger partial charge on any atom is -0.468 e. The highest BCUT2D eigenvalue weighted by molar-refractivity contribution is 6.30. The first-order valence-electron chi connectivity index (χ1n) is 13.0. The number of methoxy groups -OCH3 is 1. The van der Waals surface area contributed by atoms with Crippen molar-refractivity contribution in [2.45, 2.75) is 39.3 Å². The Morgan fingerprint density at radius 2 is 1.98 bits per heavy atom. The van der Waals surface area contributed by atoms with Gasteiger partial charge in [-0.05, 0) is 51.1 Å². The van der Waals surface area contributed by atoms with Crippen LogP contribution in [0, 0.1) is 12.7 Å². The third kappa shape index (κ3) is 7.29. The number of rotatable bonds is 9. The molecular formula is C28H33ClFN7O3. The minimum atomic E-state index is -0.454. The van der Waals surface area contributed by atoms with Crippen LogP contribution in [0.3, 0.4) is 0 Å². The van der Waals surface area contributed by atoms with Crippen LogP contribution in [0.25, 0.3) is 11.3 Å². The number of aromatic nitrogens is 3. The number of amides is 1. The summed E-state index contributed by atoms with van der Waals surface area (Å²) in [7, 11) is 1.40. The van der Waals surface area contributed by atoms with Crippen LogP contribution >= 0.6 is 11.6 Å². The number of nitrogens with one attached hydrogen (secondary N) is 2. The van der Waals surface area contributed by atoms with Gasteiger partial charge in [0.05, 0.1) is 24.2 Å². The average Bonchev–Trinajstić information content (AvgIpc) is 2.94. The number of benzene rings is 1. The molecule has 212 valence electrons. The summed E-state index contributed by atoms with van der Waals surface area (Å²) in [6.07, 6.45) is 1.82. The highest BCUT2D eigenvalue weighted by Gasteiger charge is 2.34. The van der Waals surface area contributed by atoms with Crippen molar-refractivity contribution in [1.82, 2.24) is 25.0 Å². The van der Waals surface area contributed by atoms with Gasteiger partial charge in [0.2, 0.25) is 5.91 Å². The molecule has 2 N–H and O–H groups in total. The molecule has 40 heavy (non-hydrogen) atoms. The first-order chi connectivity index (χ1) is 19.1. The summed E-state index contributed by atoms with van der Waals surface area (Å²) in [6, 6.07) is 9.26. The van der Waals surface area contributed by atoms with Gasteiger partial charge in [0.25, 0.3) is 0 Å². The molecule has 1 amide bonds. The number of nitrogens with zero attached hydrogens (tertiary/aromatic N) is 5. The highest BCUT2D eigenvalue weighted by atomic mass is 35.5. The second-order valence-corrected chi connectivity index (χ2v) is 10.3. The molecule has 1 aliphatic rings. The highest BCUT2D eigenvalue weighted by Crippen LogP contribution is 2.28. The number of anilines is 3. The van der Waals surface area contributed by atoms with Gasteiger partial charge in [-0.3, -0.25) is 19.4 Å². The third-order valence-corrected chi connectivity index (χ3v) is 7.02. The normalized spacial score (nSPS) is 16.1. The zero-order valence-electron chi connectivity index (χ0n) is 22.9. The Balaban J connectivity index is 1.37. The van der Waals surface area contributed by atoms with Gasteiger partial charge in [0, 0.05) is 67.2 Å². The van der Waals surface area contributed by atoms with Crippen LogP contribution in [0.4, 0.5) is 21.6 Å². The number of esters is 1. The molecule has 0 radical (unpaired) electrons. The van der Waals surface area contributed by atoms with Crippen molar-refractivity contribution in [3.63, 3.8) is 0 Å². The lowest BCUT2D eigenvalue weighted by Crippen LogP contribution is -2.58. The summed E-state index contributed by atoms with van der Waals surface area (Å²) >= 11 is 6.04. The van der Waals surface area contributed by atoms with Crippen molar-refractivity contribution in [3.05, 3.63) is 59.1 Å². The smallest absolute Gasteiger partial charge is 0.324 e. The predicted octanol–water partition coefficient (Wildman–Crippen LogP) is 4.28. The lowest BCUT2D eigenvalue weighted by atomic mass is 10.1. The molecule has 0 aliphatic carbocycles. The Kier molecular flexibility index (Phi) is 9.62. The molecule has 1 unspecified atom stereocenters. The molecule has 1 atom stereocenters. The predicted molar refractivity (Wildman–Crippen MR) is 152 cm³/mol. The number of hydrogen-bond acceptors (Lipinski definition) is 9. The zero-order chi connectivity index (χ0) is 28.8. The molecule has 1 saturated heterocycles. The molecule has 4 rings (SSSR count). The first kappa shape index (κ1) is 29.3. The largest absolute Gasteiger partial charge is 0.468 e. The van der Waals surface area contributed by atoms with E-state index in [0.29, 0.717) is 46.7 Å². The van der Waals surface area contributed by atoms with Crippen LogP contribution in [0.2, 0.25) is 5.02 Å². The molecule has 3 heterocycles. The van der Waals surface area contributed by atoms with E-state index >= 15 is 0 Å². The van der Waals surface area contributed by atoms with E-state index in [-0.39, 0.29) is 35.9 Å². The fraction of sp³-hybridized carbons (Fsp3) is 0.393. The maximum Gasteiger partial charge on any atom is 0.324 e. The Labute approximate surface area is 237 Å². The van der Waals surface area contributed by atoms with Crippen molar-refractivity contribution in [1.29, 1.82) is 0 Å². The standard InChI is InChI=1S/C28H33ClFN7O3/c1-17(2)37-12-11-36(16-25(37)28(39)40-4)10-8-27(38)33-26-14-20(7-9-31-26)32-23-15-24(35-34-18(23)3)21-13-19(29)5-6-22(21)30/h5-7,9,13-15,17,25H,8,10-12,16H2,1-4H3,(H2,31,32,33,35,38). The molecule has 10 nitrogen and oxygen atoms in total. The van der Waals surface area contributed by atoms with E-state index < -0.39 is 5.82 Å². The van der Waals surface area contributed by atoms with E-state index in [4.69, 9.17) is 16.3 Å². The lowest BCUT2D eigenvalue weighted by Gasteiger charge is -2.41. The summed E-state index contributed by atoms with van der Waals surface area (Å²) < 4.78 is 19.4. The summed E-state index contributed by atoms with van der Waals surface area (Å²) in [5.41, 5.74) is 2.46. The summed E-state index contributed by atoms with van der Waals surface area (Å²) in [5.74, 6) is -0.523. The van der Waals surface area contributed by atoms with E-state index in [2.05, 4.69) is 49.5 Å². The van der Waals surface area contributed by atoms with Gasteiger partial charge >= 0.3 is 5.97 Å². The van der Waals surface area contributed by atoms with E-state index in [9.17, 15) is 14.0 Å². The number of pyridine rings is 1. The van der Waals surface area contributed by atoms with Crippen molar-refractivity contribution in [2.24, 2.45) is 0 Å². The maximum absolute atomic E-state index is 14.4. The van der Waals surface area contributed by atoms with Crippen molar-refractivity contribution >= 4 is 40.7 Å².